The van der Waals surface area contributed by atoms with E-state index in [9.17, 15) is 9.90 Å². The van der Waals surface area contributed by atoms with Gasteiger partial charge in [-0.15, -0.1) is 0 Å². The Bertz CT molecular complexity index is 723. The molecule has 0 unspecified atom stereocenters. The van der Waals surface area contributed by atoms with E-state index in [-0.39, 0.29) is 11.8 Å². The summed E-state index contributed by atoms with van der Waals surface area (Å²) in [7, 11) is 1.62. The largest absolute Gasteiger partial charge is 0.489 e. The van der Waals surface area contributed by atoms with Crippen molar-refractivity contribution >= 4 is 5.91 Å². The molecule has 0 saturated carbocycles. The molecule has 6 nitrogen and oxygen atoms in total. The third-order valence-electron chi connectivity index (χ3n) is 4.72. The second-order valence-corrected chi connectivity index (χ2v) is 6.65. The Kier molecular flexibility index (Phi) is 6.20. The van der Waals surface area contributed by atoms with Crippen LogP contribution in [-0.2, 0) is 17.9 Å². The van der Waals surface area contributed by atoms with Crippen molar-refractivity contribution in [3.63, 3.8) is 0 Å². The van der Waals surface area contributed by atoms with Crippen molar-refractivity contribution in [3.8, 4) is 5.75 Å². The molecular weight excluding hydrogens is 330 g/mol. The minimum Gasteiger partial charge on any atom is -0.489 e. The first-order chi connectivity index (χ1) is 12.7. The number of carbonyl (C=O) groups is 1. The minimum atomic E-state index is -0.475. The molecular formula is C20H25N3O3. The number of carbonyl (C=O) groups excluding carboxylic acids is 1. The standard InChI is InChI=1S/C20H25N3O3/c1-21-20(25)10-17-12-23(13-18(17)24)11-16-4-2-3-5-19(16)26-14-15-6-8-22-9-7-15/h2-9,17-18,24H,10-14H2,1H3,(H,21,25)/t17-,18-/m1/s1. The van der Waals surface area contributed by atoms with E-state index in [1.165, 1.54) is 0 Å². The summed E-state index contributed by atoms with van der Waals surface area (Å²) in [6.07, 6.45) is 3.39. The van der Waals surface area contributed by atoms with E-state index in [1.54, 1.807) is 19.4 Å². The molecule has 138 valence electrons. The lowest BCUT2D eigenvalue weighted by molar-refractivity contribution is -0.122. The Morgan fingerprint density at radius 1 is 1.27 bits per heavy atom. The number of para-hydroxylation sites is 1. The number of hydrogen-bond acceptors (Lipinski definition) is 5. The zero-order valence-corrected chi connectivity index (χ0v) is 15.0. The van der Waals surface area contributed by atoms with E-state index in [2.05, 4.69) is 15.2 Å². The molecule has 0 spiro atoms. The van der Waals surface area contributed by atoms with Crippen molar-refractivity contribution < 1.29 is 14.6 Å². The Morgan fingerprint density at radius 2 is 2.04 bits per heavy atom. The van der Waals surface area contributed by atoms with Gasteiger partial charge in [-0.2, -0.15) is 0 Å². The summed E-state index contributed by atoms with van der Waals surface area (Å²) in [5.74, 6) is 0.783. The monoisotopic (exact) mass is 355 g/mol. The van der Waals surface area contributed by atoms with Crippen LogP contribution in [0.25, 0.3) is 0 Å². The number of rotatable bonds is 7. The third kappa shape index (κ3) is 4.80. The number of aliphatic hydroxyl groups is 1. The second kappa shape index (κ2) is 8.78. The lowest BCUT2D eigenvalue weighted by Gasteiger charge is -2.18. The number of amides is 1. The highest BCUT2D eigenvalue weighted by molar-refractivity contribution is 5.75. The van der Waals surface area contributed by atoms with Gasteiger partial charge in [-0.3, -0.25) is 14.7 Å². The number of pyridine rings is 1. The van der Waals surface area contributed by atoms with Crippen molar-refractivity contribution in [2.24, 2.45) is 5.92 Å². The van der Waals surface area contributed by atoms with Crippen LogP contribution in [-0.4, -0.2) is 47.1 Å². The van der Waals surface area contributed by atoms with E-state index < -0.39 is 6.10 Å². The molecule has 1 aromatic heterocycles. The second-order valence-electron chi connectivity index (χ2n) is 6.65. The number of aromatic nitrogens is 1. The van der Waals surface area contributed by atoms with Crippen molar-refractivity contribution in [1.29, 1.82) is 0 Å². The van der Waals surface area contributed by atoms with Gasteiger partial charge in [0, 0.05) is 57.0 Å². The zero-order chi connectivity index (χ0) is 18.4. The molecule has 1 aliphatic heterocycles. The number of hydrogen-bond donors (Lipinski definition) is 2. The van der Waals surface area contributed by atoms with Gasteiger partial charge in [0.1, 0.15) is 12.4 Å². The number of benzene rings is 1. The fourth-order valence-corrected chi connectivity index (χ4v) is 3.27. The number of β-amino-alcohol motifs (C(OH)–C–C–N with tert-alkyl or cyclic N) is 1. The Labute approximate surface area is 153 Å². The summed E-state index contributed by atoms with van der Waals surface area (Å²) in [6.45, 7) is 2.45. The van der Waals surface area contributed by atoms with E-state index in [4.69, 9.17) is 4.74 Å². The van der Waals surface area contributed by atoms with Crippen LogP contribution in [0.5, 0.6) is 5.75 Å². The molecule has 2 N–H and O–H groups in total. The summed E-state index contributed by atoms with van der Waals surface area (Å²) < 4.78 is 5.99. The lowest BCUT2D eigenvalue weighted by atomic mass is 10.0. The summed E-state index contributed by atoms with van der Waals surface area (Å²) in [5, 5.41) is 12.9. The molecule has 0 aliphatic carbocycles. The smallest absolute Gasteiger partial charge is 0.220 e. The molecule has 0 radical (unpaired) electrons. The summed E-state index contributed by atoms with van der Waals surface area (Å²) in [6, 6.07) is 11.8. The molecule has 3 rings (SSSR count). The Balaban J connectivity index is 1.61. The average molecular weight is 355 g/mol. The van der Waals surface area contributed by atoms with Gasteiger partial charge in [-0.05, 0) is 23.8 Å². The van der Waals surface area contributed by atoms with E-state index >= 15 is 0 Å². The topological polar surface area (TPSA) is 74.7 Å². The summed E-state index contributed by atoms with van der Waals surface area (Å²) in [4.78, 5) is 17.8. The van der Waals surface area contributed by atoms with Crippen LogP contribution in [0.15, 0.2) is 48.8 Å². The highest BCUT2D eigenvalue weighted by Crippen LogP contribution is 2.26. The Morgan fingerprint density at radius 3 is 2.81 bits per heavy atom. The summed E-state index contributed by atoms with van der Waals surface area (Å²) in [5.41, 5.74) is 2.14. The number of aliphatic hydroxyl groups excluding tert-OH is 1. The van der Waals surface area contributed by atoms with Gasteiger partial charge in [0.15, 0.2) is 0 Å². The molecule has 1 aliphatic rings. The van der Waals surface area contributed by atoms with Gasteiger partial charge in [0.25, 0.3) is 0 Å². The van der Waals surface area contributed by atoms with E-state index in [0.29, 0.717) is 32.7 Å². The van der Waals surface area contributed by atoms with Gasteiger partial charge in [0.2, 0.25) is 5.91 Å². The first-order valence-electron chi connectivity index (χ1n) is 8.86. The normalized spacial score (nSPS) is 20.1. The highest BCUT2D eigenvalue weighted by Gasteiger charge is 2.32. The molecule has 2 atom stereocenters. The maximum absolute atomic E-state index is 11.6. The molecule has 1 amide bonds. The van der Waals surface area contributed by atoms with Crippen LogP contribution in [0, 0.1) is 5.92 Å². The zero-order valence-electron chi connectivity index (χ0n) is 15.0. The van der Waals surface area contributed by atoms with E-state index in [0.717, 1.165) is 16.9 Å². The minimum absolute atomic E-state index is 0.0279. The quantitative estimate of drug-likeness (QED) is 0.789. The van der Waals surface area contributed by atoms with Gasteiger partial charge >= 0.3 is 0 Å². The van der Waals surface area contributed by atoms with Crippen LogP contribution < -0.4 is 10.1 Å². The van der Waals surface area contributed by atoms with Gasteiger partial charge in [0.05, 0.1) is 6.10 Å². The van der Waals surface area contributed by atoms with E-state index in [1.807, 2.05) is 36.4 Å². The highest BCUT2D eigenvalue weighted by atomic mass is 16.5. The predicted molar refractivity (Wildman–Crippen MR) is 98.5 cm³/mol. The van der Waals surface area contributed by atoms with Crippen molar-refractivity contribution in [2.75, 3.05) is 20.1 Å². The number of likely N-dealkylation sites (tertiary alicyclic amines) is 1. The Hall–Kier alpha value is -2.44. The fourth-order valence-electron chi connectivity index (χ4n) is 3.27. The molecule has 26 heavy (non-hydrogen) atoms. The maximum Gasteiger partial charge on any atom is 0.220 e. The van der Waals surface area contributed by atoms with Gasteiger partial charge in [-0.1, -0.05) is 18.2 Å². The average Bonchev–Trinajstić information content (AvgIpc) is 3.00. The first-order valence-corrected chi connectivity index (χ1v) is 8.86. The summed E-state index contributed by atoms with van der Waals surface area (Å²) >= 11 is 0. The predicted octanol–water partition coefficient (Wildman–Crippen LogP) is 1.59. The van der Waals surface area contributed by atoms with Crippen LogP contribution in [0.3, 0.4) is 0 Å². The number of nitrogens with zero attached hydrogens (tertiary/aromatic N) is 2. The van der Waals surface area contributed by atoms with Gasteiger partial charge < -0.3 is 15.2 Å². The first kappa shape index (κ1) is 18.4. The molecule has 6 heteroatoms. The maximum atomic E-state index is 11.6. The molecule has 1 aromatic carbocycles. The van der Waals surface area contributed by atoms with Crippen LogP contribution in [0.2, 0.25) is 0 Å². The van der Waals surface area contributed by atoms with Crippen LogP contribution in [0.1, 0.15) is 17.5 Å². The fraction of sp³-hybridized carbons (Fsp3) is 0.400. The number of ether oxygens (including phenoxy) is 1. The lowest BCUT2D eigenvalue weighted by Crippen LogP contribution is -2.27. The molecule has 2 heterocycles. The van der Waals surface area contributed by atoms with Crippen molar-refractivity contribution in [2.45, 2.75) is 25.7 Å². The molecule has 0 bridgehead atoms. The molecule has 1 saturated heterocycles. The van der Waals surface area contributed by atoms with Crippen LogP contribution >= 0.6 is 0 Å². The molecule has 1 fully saturated rings. The van der Waals surface area contributed by atoms with Gasteiger partial charge in [-0.25, -0.2) is 0 Å². The van der Waals surface area contributed by atoms with Crippen LogP contribution in [0.4, 0.5) is 0 Å². The SMILES string of the molecule is CNC(=O)C[C@@H]1CN(Cc2ccccc2OCc2ccncc2)C[C@H]1O. The van der Waals surface area contributed by atoms with Crippen molar-refractivity contribution in [1.82, 2.24) is 15.2 Å². The third-order valence-corrected chi connectivity index (χ3v) is 4.72. The van der Waals surface area contributed by atoms with Crippen molar-refractivity contribution in [3.05, 3.63) is 59.9 Å². The number of nitrogens with one attached hydrogen (secondary N) is 1. The molecule has 2 aromatic rings.